The molecule has 0 aliphatic rings. The third kappa shape index (κ3) is 7.28. The molecule has 0 aliphatic carbocycles. The Hall–Kier alpha value is -3.92. The Morgan fingerprint density at radius 1 is 0.833 bits per heavy atom. The SMILES string of the molecule is CNC(=O)[C@H](Cc1ccccc1)N(Cc1c(Cl)cccc1Cl)C(=O)CN(c1ccc(F)cc1)S(=O)(=O)c1ccccc1. The van der Waals surface area contributed by atoms with Crippen molar-refractivity contribution < 1.29 is 22.4 Å². The number of anilines is 1. The van der Waals surface area contributed by atoms with Gasteiger partial charge in [0.05, 0.1) is 10.6 Å². The first-order valence-electron chi connectivity index (χ1n) is 12.9. The highest BCUT2D eigenvalue weighted by molar-refractivity contribution is 7.92. The highest BCUT2D eigenvalue weighted by atomic mass is 35.5. The molecule has 0 aromatic heterocycles. The molecule has 7 nitrogen and oxygen atoms in total. The number of nitrogens with zero attached hydrogens (tertiary/aromatic N) is 2. The second-order valence-corrected chi connectivity index (χ2v) is 12.0. The Labute approximate surface area is 254 Å². The monoisotopic (exact) mass is 627 g/mol. The summed E-state index contributed by atoms with van der Waals surface area (Å²) in [7, 11) is -2.83. The first-order chi connectivity index (χ1) is 20.1. The minimum Gasteiger partial charge on any atom is -0.357 e. The number of hydrogen-bond acceptors (Lipinski definition) is 4. The van der Waals surface area contributed by atoms with Crippen molar-refractivity contribution in [3.8, 4) is 0 Å². The number of likely N-dealkylation sites (N-methyl/N-ethyl adjacent to an activating group) is 1. The van der Waals surface area contributed by atoms with Crippen molar-refractivity contribution in [1.29, 1.82) is 0 Å². The van der Waals surface area contributed by atoms with E-state index < -0.39 is 40.2 Å². The van der Waals surface area contributed by atoms with Crippen molar-refractivity contribution >= 4 is 50.7 Å². The van der Waals surface area contributed by atoms with Gasteiger partial charge in [0, 0.05) is 35.6 Å². The third-order valence-corrected chi connectivity index (χ3v) is 9.13. The zero-order valence-corrected chi connectivity index (χ0v) is 24.9. The van der Waals surface area contributed by atoms with Crippen LogP contribution in [0.25, 0.3) is 0 Å². The van der Waals surface area contributed by atoms with Crippen molar-refractivity contribution in [3.63, 3.8) is 0 Å². The minimum atomic E-state index is -4.28. The lowest BCUT2D eigenvalue weighted by molar-refractivity contribution is -0.139. The highest BCUT2D eigenvalue weighted by Crippen LogP contribution is 2.29. The van der Waals surface area contributed by atoms with Crippen LogP contribution in [0, 0.1) is 5.82 Å². The van der Waals surface area contributed by atoms with E-state index in [0.717, 1.165) is 22.0 Å². The summed E-state index contributed by atoms with van der Waals surface area (Å²) in [5, 5.41) is 3.17. The molecular formula is C31H28Cl2FN3O4S. The second-order valence-electron chi connectivity index (χ2n) is 9.34. The summed E-state index contributed by atoms with van der Waals surface area (Å²) in [5.41, 5.74) is 1.25. The summed E-state index contributed by atoms with van der Waals surface area (Å²) in [6.45, 7) is -0.863. The summed E-state index contributed by atoms with van der Waals surface area (Å²) in [6.07, 6.45) is 0.135. The van der Waals surface area contributed by atoms with E-state index in [2.05, 4.69) is 5.32 Å². The Morgan fingerprint density at radius 2 is 1.40 bits per heavy atom. The molecule has 0 spiro atoms. The van der Waals surface area contributed by atoms with Crippen LogP contribution in [0.4, 0.5) is 10.1 Å². The Morgan fingerprint density at radius 3 is 1.98 bits per heavy atom. The molecule has 218 valence electrons. The Bertz CT molecular complexity index is 1620. The molecule has 0 saturated carbocycles. The van der Waals surface area contributed by atoms with Crippen LogP contribution in [-0.4, -0.2) is 44.8 Å². The maximum absolute atomic E-state index is 14.2. The van der Waals surface area contributed by atoms with Crippen LogP contribution >= 0.6 is 23.2 Å². The number of hydrogen-bond donors (Lipinski definition) is 1. The van der Waals surface area contributed by atoms with Crippen molar-refractivity contribution in [2.45, 2.75) is 23.9 Å². The topological polar surface area (TPSA) is 86.8 Å². The quantitative estimate of drug-likeness (QED) is 0.231. The molecule has 0 bridgehead atoms. The lowest BCUT2D eigenvalue weighted by Gasteiger charge is -2.34. The molecular weight excluding hydrogens is 600 g/mol. The number of benzene rings is 4. The van der Waals surface area contributed by atoms with Crippen LogP contribution in [0.2, 0.25) is 10.0 Å². The van der Waals surface area contributed by atoms with E-state index >= 15 is 0 Å². The van der Waals surface area contributed by atoms with Crippen LogP contribution in [0.1, 0.15) is 11.1 Å². The van der Waals surface area contributed by atoms with E-state index in [1.54, 1.807) is 36.4 Å². The number of carbonyl (C=O) groups excluding carboxylic acids is 2. The van der Waals surface area contributed by atoms with Crippen LogP contribution in [0.5, 0.6) is 0 Å². The van der Waals surface area contributed by atoms with Crippen molar-refractivity contribution in [3.05, 3.63) is 130 Å². The van der Waals surface area contributed by atoms with Gasteiger partial charge in [0.1, 0.15) is 18.4 Å². The largest absolute Gasteiger partial charge is 0.357 e. The van der Waals surface area contributed by atoms with E-state index in [1.807, 2.05) is 30.3 Å². The number of nitrogens with one attached hydrogen (secondary N) is 1. The van der Waals surface area contributed by atoms with Gasteiger partial charge in [-0.1, -0.05) is 77.8 Å². The van der Waals surface area contributed by atoms with Gasteiger partial charge in [-0.2, -0.15) is 0 Å². The fraction of sp³-hybridized carbons (Fsp3) is 0.161. The predicted molar refractivity (Wildman–Crippen MR) is 162 cm³/mol. The summed E-state index contributed by atoms with van der Waals surface area (Å²) < 4.78 is 42.4. The number of rotatable bonds is 11. The second kappa shape index (κ2) is 13.8. The molecule has 4 rings (SSSR count). The molecule has 4 aromatic carbocycles. The molecule has 1 N–H and O–H groups in total. The van der Waals surface area contributed by atoms with Crippen molar-refractivity contribution in [1.82, 2.24) is 10.2 Å². The van der Waals surface area contributed by atoms with Gasteiger partial charge in [-0.3, -0.25) is 13.9 Å². The number of halogens is 3. The maximum atomic E-state index is 14.2. The number of sulfonamides is 1. The molecule has 0 unspecified atom stereocenters. The van der Waals surface area contributed by atoms with Gasteiger partial charge < -0.3 is 10.2 Å². The zero-order chi connectivity index (χ0) is 30.3. The first kappa shape index (κ1) is 31.0. The van der Waals surface area contributed by atoms with Gasteiger partial charge in [0.15, 0.2) is 0 Å². The van der Waals surface area contributed by atoms with Crippen LogP contribution in [-0.2, 0) is 32.6 Å². The predicted octanol–water partition coefficient (Wildman–Crippen LogP) is 5.71. The van der Waals surface area contributed by atoms with Gasteiger partial charge in [0.25, 0.3) is 10.0 Å². The number of amides is 2. The van der Waals surface area contributed by atoms with E-state index in [1.165, 1.54) is 36.2 Å². The van der Waals surface area contributed by atoms with E-state index in [9.17, 15) is 22.4 Å². The summed E-state index contributed by atoms with van der Waals surface area (Å²) in [4.78, 5) is 28.7. The molecule has 0 saturated heterocycles. The van der Waals surface area contributed by atoms with Crippen LogP contribution in [0.3, 0.4) is 0 Å². The molecule has 2 amide bonds. The zero-order valence-electron chi connectivity index (χ0n) is 22.6. The average Bonchev–Trinajstić information content (AvgIpc) is 3.00. The fourth-order valence-electron chi connectivity index (χ4n) is 4.43. The molecule has 1 atom stereocenters. The summed E-state index contributed by atoms with van der Waals surface area (Å²) >= 11 is 12.9. The highest BCUT2D eigenvalue weighted by Gasteiger charge is 2.35. The molecule has 0 radical (unpaired) electrons. The van der Waals surface area contributed by atoms with Crippen molar-refractivity contribution in [2.75, 3.05) is 17.9 Å². The van der Waals surface area contributed by atoms with Gasteiger partial charge >= 0.3 is 0 Å². The van der Waals surface area contributed by atoms with Crippen molar-refractivity contribution in [2.24, 2.45) is 0 Å². The Kier molecular flexibility index (Phi) is 10.2. The fourth-order valence-corrected chi connectivity index (χ4v) is 6.38. The third-order valence-electron chi connectivity index (χ3n) is 6.63. The molecule has 0 heterocycles. The van der Waals surface area contributed by atoms with Gasteiger partial charge in [-0.25, -0.2) is 12.8 Å². The normalized spacial score (nSPS) is 11.9. The first-order valence-corrected chi connectivity index (χ1v) is 15.1. The summed E-state index contributed by atoms with van der Waals surface area (Å²) in [6, 6.07) is 25.3. The molecule has 0 fully saturated rings. The lowest BCUT2D eigenvalue weighted by Crippen LogP contribution is -2.53. The smallest absolute Gasteiger partial charge is 0.264 e. The lowest BCUT2D eigenvalue weighted by atomic mass is 10.0. The van der Waals surface area contributed by atoms with E-state index in [-0.39, 0.29) is 33.6 Å². The van der Waals surface area contributed by atoms with Gasteiger partial charge in [0.2, 0.25) is 11.8 Å². The molecule has 42 heavy (non-hydrogen) atoms. The van der Waals surface area contributed by atoms with Crippen LogP contribution < -0.4 is 9.62 Å². The average molecular weight is 629 g/mol. The van der Waals surface area contributed by atoms with Gasteiger partial charge in [-0.05, 0) is 54.1 Å². The van der Waals surface area contributed by atoms with E-state index in [4.69, 9.17) is 23.2 Å². The molecule has 11 heteroatoms. The standard InChI is InChI=1S/C31H28Cl2FN3O4S/c1-35-31(39)29(19-22-9-4-2-5-10-22)36(20-26-27(32)13-8-14-28(26)33)30(38)21-37(24-17-15-23(34)16-18-24)42(40,41)25-11-6-3-7-12-25/h2-18,29H,19-21H2,1H3,(H,35,39)/t29-/m0/s1. The van der Waals surface area contributed by atoms with Crippen LogP contribution in [0.15, 0.2) is 108 Å². The van der Waals surface area contributed by atoms with Gasteiger partial charge in [-0.15, -0.1) is 0 Å². The number of carbonyl (C=O) groups is 2. The molecule has 0 aliphatic heterocycles. The van der Waals surface area contributed by atoms with E-state index in [0.29, 0.717) is 5.56 Å². The Balaban J connectivity index is 1.81. The summed E-state index contributed by atoms with van der Waals surface area (Å²) in [5.74, 6) is -1.73. The maximum Gasteiger partial charge on any atom is 0.264 e. The minimum absolute atomic E-state index is 0.0602. The molecule has 4 aromatic rings.